The predicted molar refractivity (Wildman–Crippen MR) is 110 cm³/mol. The van der Waals surface area contributed by atoms with Crippen LogP contribution in [0.2, 0.25) is 0 Å². The van der Waals surface area contributed by atoms with Crippen LogP contribution in [0, 0.1) is 0 Å². The number of H-pyrrole nitrogens is 1. The Hall–Kier alpha value is -3.19. The van der Waals surface area contributed by atoms with Crippen LogP contribution in [0.15, 0.2) is 48.8 Å². The molecule has 1 aliphatic heterocycles. The minimum atomic E-state index is -0.197. The van der Waals surface area contributed by atoms with Crippen molar-refractivity contribution < 1.29 is 5.11 Å². The normalized spacial score (nSPS) is 15.4. The maximum absolute atomic E-state index is 9.71. The number of piperidine rings is 1. The summed E-state index contributed by atoms with van der Waals surface area (Å²) in [6, 6.07) is 12.3. The molecule has 0 spiro atoms. The quantitative estimate of drug-likeness (QED) is 0.509. The van der Waals surface area contributed by atoms with E-state index in [1.807, 2.05) is 24.4 Å². The monoisotopic (exact) mass is 374 g/mol. The number of nitrogens with one attached hydrogen (secondary N) is 2. The fraction of sp³-hybridized carbons (Fsp3) is 0.286. The predicted octanol–water partition coefficient (Wildman–Crippen LogP) is 3.08. The van der Waals surface area contributed by atoms with Crippen LogP contribution in [0.25, 0.3) is 22.1 Å². The van der Waals surface area contributed by atoms with Crippen molar-refractivity contribution in [3.8, 4) is 0 Å². The molecule has 1 saturated heterocycles. The molecule has 0 atom stereocenters. The lowest BCUT2D eigenvalue weighted by molar-refractivity contribution is 0.145. The highest BCUT2D eigenvalue weighted by Gasteiger charge is 2.18. The highest BCUT2D eigenvalue weighted by atomic mass is 16.3. The number of fused-ring (bicyclic) bond motifs is 2. The third-order valence-corrected chi connectivity index (χ3v) is 5.33. The van der Waals surface area contributed by atoms with Crippen LogP contribution >= 0.6 is 0 Å². The lowest BCUT2D eigenvalue weighted by Gasteiger charge is -2.30. The zero-order valence-corrected chi connectivity index (χ0v) is 15.5. The zero-order chi connectivity index (χ0) is 18.9. The van der Waals surface area contributed by atoms with Crippen LogP contribution in [-0.4, -0.2) is 44.2 Å². The fourth-order valence-corrected chi connectivity index (χ4v) is 3.73. The van der Waals surface area contributed by atoms with E-state index in [4.69, 9.17) is 4.98 Å². The molecule has 0 aliphatic carbocycles. The number of aliphatic hydroxyl groups excluding tert-OH is 1. The largest absolute Gasteiger partial charge is 0.393 e. The third-order valence-electron chi connectivity index (χ3n) is 5.33. The molecule has 28 heavy (non-hydrogen) atoms. The van der Waals surface area contributed by atoms with Gasteiger partial charge in [-0.1, -0.05) is 12.1 Å². The summed E-state index contributed by atoms with van der Waals surface area (Å²) in [7, 11) is 0. The van der Waals surface area contributed by atoms with Crippen LogP contribution in [0.4, 0.5) is 11.6 Å². The van der Waals surface area contributed by atoms with E-state index in [0.29, 0.717) is 18.0 Å². The van der Waals surface area contributed by atoms with E-state index >= 15 is 0 Å². The molecule has 3 N–H and O–H groups in total. The van der Waals surface area contributed by atoms with Gasteiger partial charge in [-0.2, -0.15) is 0 Å². The van der Waals surface area contributed by atoms with Crippen molar-refractivity contribution in [2.45, 2.75) is 25.5 Å². The number of aromatic amines is 1. The van der Waals surface area contributed by atoms with E-state index in [9.17, 15) is 5.11 Å². The van der Waals surface area contributed by atoms with Crippen molar-refractivity contribution in [2.24, 2.45) is 0 Å². The van der Waals surface area contributed by atoms with Crippen molar-refractivity contribution in [1.82, 2.24) is 19.9 Å². The van der Waals surface area contributed by atoms with E-state index in [1.54, 1.807) is 6.20 Å². The second kappa shape index (κ2) is 7.09. The second-order valence-corrected chi connectivity index (χ2v) is 7.20. The molecule has 3 aromatic heterocycles. The molecule has 1 aromatic carbocycles. The lowest BCUT2D eigenvalue weighted by Crippen LogP contribution is -2.36. The molecule has 4 heterocycles. The number of benzene rings is 1. The molecule has 0 amide bonds. The molecule has 7 nitrogen and oxygen atoms in total. The van der Waals surface area contributed by atoms with Crippen molar-refractivity contribution in [3.05, 3.63) is 54.4 Å². The molecule has 0 radical (unpaired) electrons. The average Bonchev–Trinajstić information content (AvgIpc) is 3.22. The number of anilines is 2. The first kappa shape index (κ1) is 16.9. The summed E-state index contributed by atoms with van der Waals surface area (Å²) < 4.78 is 0. The first-order valence-corrected chi connectivity index (χ1v) is 9.62. The number of aliphatic hydroxyl groups is 1. The first-order valence-electron chi connectivity index (χ1n) is 9.62. The van der Waals surface area contributed by atoms with Gasteiger partial charge in [0.15, 0.2) is 5.65 Å². The van der Waals surface area contributed by atoms with Gasteiger partial charge in [0, 0.05) is 36.7 Å². The fourth-order valence-electron chi connectivity index (χ4n) is 3.73. The van der Waals surface area contributed by atoms with Crippen LogP contribution in [0.3, 0.4) is 0 Å². The Balaban J connectivity index is 1.37. The number of rotatable bonds is 4. The van der Waals surface area contributed by atoms with Crippen molar-refractivity contribution in [3.63, 3.8) is 0 Å². The van der Waals surface area contributed by atoms with Gasteiger partial charge in [0.05, 0.1) is 12.3 Å². The number of hydrogen-bond donors (Lipinski definition) is 3. The second-order valence-electron chi connectivity index (χ2n) is 7.20. The van der Waals surface area contributed by atoms with Gasteiger partial charge in [-0.25, -0.2) is 15.0 Å². The molecule has 0 saturated carbocycles. The highest BCUT2D eigenvalue weighted by molar-refractivity contribution is 5.83. The van der Waals surface area contributed by atoms with Gasteiger partial charge in [0.1, 0.15) is 17.2 Å². The van der Waals surface area contributed by atoms with Gasteiger partial charge in [-0.3, -0.25) is 0 Å². The zero-order valence-electron chi connectivity index (χ0n) is 15.5. The van der Waals surface area contributed by atoms with Crippen molar-refractivity contribution in [1.29, 1.82) is 0 Å². The summed E-state index contributed by atoms with van der Waals surface area (Å²) in [5.74, 6) is 1.60. The summed E-state index contributed by atoms with van der Waals surface area (Å²) in [6.07, 6.45) is 5.06. The molecule has 0 bridgehead atoms. The first-order chi connectivity index (χ1) is 13.8. The Morgan fingerprint density at radius 2 is 2.00 bits per heavy atom. The summed E-state index contributed by atoms with van der Waals surface area (Å²) in [6.45, 7) is 2.29. The smallest absolute Gasteiger partial charge is 0.182 e. The van der Waals surface area contributed by atoms with Crippen molar-refractivity contribution >= 4 is 33.7 Å². The van der Waals surface area contributed by atoms with E-state index < -0.39 is 0 Å². The van der Waals surface area contributed by atoms with Crippen molar-refractivity contribution in [2.75, 3.05) is 23.3 Å². The minimum Gasteiger partial charge on any atom is -0.393 e. The van der Waals surface area contributed by atoms with Gasteiger partial charge in [0.2, 0.25) is 0 Å². The summed E-state index contributed by atoms with van der Waals surface area (Å²) in [4.78, 5) is 19.3. The van der Waals surface area contributed by atoms with E-state index in [1.165, 1.54) is 10.9 Å². The molecule has 0 unspecified atom stereocenters. The van der Waals surface area contributed by atoms with E-state index in [0.717, 1.165) is 42.8 Å². The van der Waals surface area contributed by atoms with Gasteiger partial charge in [0.25, 0.3) is 0 Å². The molecule has 1 fully saturated rings. The van der Waals surface area contributed by atoms with Gasteiger partial charge in [-0.15, -0.1) is 0 Å². The minimum absolute atomic E-state index is 0.197. The molecular weight excluding hydrogens is 352 g/mol. The number of aromatic nitrogens is 4. The van der Waals surface area contributed by atoms with E-state index in [2.05, 4.69) is 43.4 Å². The maximum Gasteiger partial charge on any atom is 0.182 e. The van der Waals surface area contributed by atoms with Gasteiger partial charge in [-0.05, 0) is 42.7 Å². The maximum atomic E-state index is 9.71. The molecular formula is C21H22N6O. The Bertz CT molecular complexity index is 1120. The number of nitrogens with zero attached hydrogens (tertiary/aromatic N) is 4. The van der Waals surface area contributed by atoms with Crippen LogP contribution in [0.1, 0.15) is 18.4 Å². The molecule has 5 rings (SSSR count). The van der Waals surface area contributed by atoms with Crippen LogP contribution in [0.5, 0.6) is 0 Å². The topological polar surface area (TPSA) is 90.0 Å². The Morgan fingerprint density at radius 3 is 2.89 bits per heavy atom. The highest BCUT2D eigenvalue weighted by Crippen LogP contribution is 2.22. The van der Waals surface area contributed by atoms with Crippen LogP contribution in [-0.2, 0) is 6.54 Å². The standard InChI is InChI=1S/C21H22N6O/c28-15-7-10-27(11-8-15)20-5-4-18-21(26-20)25-19(13-23-18)24-12-14-2-1-3-17-16(14)6-9-22-17/h1-6,9,13,15,22,28H,7-8,10-12H2,(H,24,25,26). The average molecular weight is 374 g/mol. The third kappa shape index (κ3) is 3.25. The molecule has 142 valence electrons. The Kier molecular flexibility index (Phi) is 4.29. The SMILES string of the molecule is OC1CCN(c2ccc3ncc(NCc4cccc5[nH]ccc45)nc3n2)CC1. The van der Waals surface area contributed by atoms with E-state index in [-0.39, 0.29) is 6.10 Å². The molecule has 4 aromatic rings. The Morgan fingerprint density at radius 1 is 1.11 bits per heavy atom. The number of hydrogen-bond acceptors (Lipinski definition) is 6. The molecule has 7 heteroatoms. The van der Waals surface area contributed by atoms with Crippen LogP contribution < -0.4 is 10.2 Å². The van der Waals surface area contributed by atoms with Gasteiger partial charge < -0.3 is 20.3 Å². The Labute approximate surface area is 162 Å². The number of pyridine rings is 1. The molecule has 1 aliphatic rings. The summed E-state index contributed by atoms with van der Waals surface area (Å²) in [5.41, 5.74) is 3.74. The summed E-state index contributed by atoms with van der Waals surface area (Å²) >= 11 is 0. The lowest BCUT2D eigenvalue weighted by atomic mass is 10.1. The van der Waals surface area contributed by atoms with Gasteiger partial charge >= 0.3 is 0 Å². The summed E-state index contributed by atoms with van der Waals surface area (Å²) in [5, 5.41) is 14.3.